The van der Waals surface area contributed by atoms with E-state index < -0.39 is 0 Å². The van der Waals surface area contributed by atoms with Crippen LogP contribution in [0.25, 0.3) is 22.6 Å². The number of imidazole rings is 1. The first kappa shape index (κ1) is 18.7. The van der Waals surface area contributed by atoms with Crippen molar-refractivity contribution in [1.29, 1.82) is 0 Å². The zero-order chi connectivity index (χ0) is 20.4. The number of methoxy groups -OCH3 is 1. The van der Waals surface area contributed by atoms with Gasteiger partial charge in [0.25, 0.3) is 0 Å². The van der Waals surface area contributed by atoms with Crippen molar-refractivity contribution in [1.82, 2.24) is 19.9 Å². The van der Waals surface area contributed by atoms with Crippen molar-refractivity contribution in [2.75, 3.05) is 12.4 Å². The van der Waals surface area contributed by atoms with Gasteiger partial charge in [-0.15, -0.1) is 0 Å². The van der Waals surface area contributed by atoms with Crippen LogP contribution >= 0.6 is 0 Å². The third kappa shape index (κ3) is 3.56. The number of aromatic nitrogens is 4. The van der Waals surface area contributed by atoms with Crippen molar-refractivity contribution in [3.05, 3.63) is 53.6 Å². The molecule has 0 spiro atoms. The van der Waals surface area contributed by atoms with Crippen LogP contribution in [0.2, 0.25) is 0 Å². The van der Waals surface area contributed by atoms with Crippen molar-refractivity contribution in [2.24, 2.45) is 0 Å². The zero-order valence-electron chi connectivity index (χ0n) is 16.5. The molecule has 4 aromatic rings. The van der Waals surface area contributed by atoms with E-state index in [0.29, 0.717) is 24.5 Å². The molecule has 0 fully saturated rings. The number of nitrogens with zero attached hydrogens (tertiary/aromatic N) is 4. The third-order valence-corrected chi connectivity index (χ3v) is 4.82. The summed E-state index contributed by atoms with van der Waals surface area (Å²) in [6.45, 7) is 4.37. The van der Waals surface area contributed by atoms with Crippen LogP contribution in [0.1, 0.15) is 24.5 Å². The molecular formula is C21H21N5O3. The Morgan fingerprint density at radius 3 is 2.83 bits per heavy atom. The lowest BCUT2D eigenvalue weighted by Crippen LogP contribution is -2.11. The Hall–Kier alpha value is -3.68. The van der Waals surface area contributed by atoms with Crippen LogP contribution in [-0.2, 0) is 11.3 Å². The molecule has 1 N–H and O–H groups in total. The van der Waals surface area contributed by atoms with Crippen molar-refractivity contribution in [2.45, 2.75) is 26.8 Å². The molecule has 2 aromatic carbocycles. The van der Waals surface area contributed by atoms with Crippen molar-refractivity contribution >= 4 is 22.8 Å². The number of amides is 1. The second kappa shape index (κ2) is 7.75. The van der Waals surface area contributed by atoms with Gasteiger partial charge in [0.05, 0.1) is 24.7 Å². The second-order valence-corrected chi connectivity index (χ2v) is 6.67. The standard InChI is InChI=1S/C21H21N5O3/c1-4-18(27)23-20-19(24-29-25-20)21-22-16-7-5-6-8-17(16)26(21)12-14-11-15(28-3)10-9-13(14)2/h5-11H,4,12H2,1-3H3,(H,23,25,27). The van der Waals surface area contributed by atoms with E-state index in [0.717, 1.165) is 27.9 Å². The molecule has 1 amide bonds. The molecule has 0 aliphatic carbocycles. The summed E-state index contributed by atoms with van der Waals surface area (Å²) in [7, 11) is 1.65. The Morgan fingerprint density at radius 2 is 2.03 bits per heavy atom. The third-order valence-electron chi connectivity index (χ3n) is 4.82. The van der Waals surface area contributed by atoms with Gasteiger partial charge < -0.3 is 14.6 Å². The number of carbonyl (C=O) groups excluding carboxylic acids is 1. The largest absolute Gasteiger partial charge is 0.497 e. The number of benzene rings is 2. The summed E-state index contributed by atoms with van der Waals surface area (Å²) in [6, 6.07) is 13.8. The molecule has 29 heavy (non-hydrogen) atoms. The Morgan fingerprint density at radius 1 is 1.21 bits per heavy atom. The minimum atomic E-state index is -0.173. The maximum atomic E-state index is 11.9. The number of fused-ring (bicyclic) bond motifs is 1. The smallest absolute Gasteiger partial charge is 0.225 e. The van der Waals surface area contributed by atoms with Crippen molar-refractivity contribution in [3.63, 3.8) is 0 Å². The second-order valence-electron chi connectivity index (χ2n) is 6.67. The molecule has 0 atom stereocenters. The number of anilines is 1. The quantitative estimate of drug-likeness (QED) is 0.537. The molecule has 2 heterocycles. The van der Waals surface area contributed by atoms with E-state index in [4.69, 9.17) is 14.3 Å². The van der Waals surface area contributed by atoms with Crippen LogP contribution in [0.3, 0.4) is 0 Å². The molecule has 0 aliphatic rings. The highest BCUT2D eigenvalue weighted by atomic mass is 16.6. The van der Waals surface area contributed by atoms with Gasteiger partial charge in [0.15, 0.2) is 11.5 Å². The lowest BCUT2D eigenvalue weighted by atomic mass is 10.1. The van der Waals surface area contributed by atoms with Gasteiger partial charge in [-0.2, -0.15) is 0 Å². The minimum absolute atomic E-state index is 0.173. The van der Waals surface area contributed by atoms with Gasteiger partial charge >= 0.3 is 0 Å². The van der Waals surface area contributed by atoms with Gasteiger partial charge in [-0.25, -0.2) is 9.61 Å². The number of carbonyl (C=O) groups is 1. The van der Waals surface area contributed by atoms with Crippen LogP contribution in [0.4, 0.5) is 5.82 Å². The van der Waals surface area contributed by atoms with Crippen LogP contribution in [0.15, 0.2) is 47.1 Å². The molecule has 8 heteroatoms. The molecule has 0 unspecified atom stereocenters. The predicted octanol–water partition coefficient (Wildman–Crippen LogP) is 3.80. The number of para-hydroxylation sites is 2. The first-order valence-electron chi connectivity index (χ1n) is 9.32. The summed E-state index contributed by atoms with van der Waals surface area (Å²) in [4.78, 5) is 16.6. The summed E-state index contributed by atoms with van der Waals surface area (Å²) in [6.07, 6.45) is 0.325. The SMILES string of the molecule is CCC(=O)Nc1nonc1-c1nc2ccccc2n1Cc1cc(OC)ccc1C. The first-order valence-corrected chi connectivity index (χ1v) is 9.32. The number of aryl methyl sites for hydroxylation is 1. The molecule has 0 saturated heterocycles. The summed E-state index contributed by atoms with van der Waals surface area (Å²) in [5.74, 6) is 1.45. The van der Waals surface area contributed by atoms with E-state index in [-0.39, 0.29) is 11.7 Å². The van der Waals surface area contributed by atoms with Gasteiger partial charge in [-0.05, 0) is 52.6 Å². The maximum Gasteiger partial charge on any atom is 0.225 e. The maximum absolute atomic E-state index is 11.9. The predicted molar refractivity (Wildman–Crippen MR) is 109 cm³/mol. The Bertz CT molecular complexity index is 1180. The van der Waals surface area contributed by atoms with E-state index in [2.05, 4.69) is 22.6 Å². The molecule has 0 saturated carbocycles. The Labute approximate surface area is 167 Å². The average Bonchev–Trinajstić information content (AvgIpc) is 3.34. The monoisotopic (exact) mass is 391 g/mol. The highest BCUT2D eigenvalue weighted by molar-refractivity contribution is 5.93. The molecule has 4 rings (SSSR count). The van der Waals surface area contributed by atoms with E-state index in [1.54, 1.807) is 14.0 Å². The molecule has 0 radical (unpaired) electrons. The average molecular weight is 391 g/mol. The van der Waals surface area contributed by atoms with Gasteiger partial charge in [-0.3, -0.25) is 4.79 Å². The highest BCUT2D eigenvalue weighted by Crippen LogP contribution is 2.30. The molecule has 148 valence electrons. The van der Waals surface area contributed by atoms with Crippen LogP contribution in [0, 0.1) is 6.92 Å². The Balaban J connectivity index is 1.85. The minimum Gasteiger partial charge on any atom is -0.497 e. The molecule has 0 aliphatic heterocycles. The first-order chi connectivity index (χ1) is 14.1. The molecule has 0 bridgehead atoms. The highest BCUT2D eigenvalue weighted by Gasteiger charge is 2.22. The van der Waals surface area contributed by atoms with Crippen LogP contribution in [0.5, 0.6) is 5.75 Å². The van der Waals surface area contributed by atoms with Gasteiger partial charge in [-0.1, -0.05) is 25.1 Å². The fourth-order valence-electron chi connectivity index (χ4n) is 3.17. The van der Waals surface area contributed by atoms with Gasteiger partial charge in [0.1, 0.15) is 5.75 Å². The van der Waals surface area contributed by atoms with E-state index in [1.807, 2.05) is 47.0 Å². The number of ether oxygens (including phenoxy) is 1. The molecule has 8 nitrogen and oxygen atoms in total. The topological polar surface area (TPSA) is 95.1 Å². The number of hydrogen-bond donors (Lipinski definition) is 1. The van der Waals surface area contributed by atoms with Crippen molar-refractivity contribution < 1.29 is 14.2 Å². The van der Waals surface area contributed by atoms with E-state index in [9.17, 15) is 4.79 Å². The Kier molecular flexibility index (Phi) is 4.99. The number of rotatable bonds is 6. The molecule has 2 aromatic heterocycles. The molecular weight excluding hydrogens is 370 g/mol. The lowest BCUT2D eigenvalue weighted by Gasteiger charge is -2.12. The summed E-state index contributed by atoms with van der Waals surface area (Å²) >= 11 is 0. The van der Waals surface area contributed by atoms with Gasteiger partial charge in [0, 0.05) is 6.42 Å². The van der Waals surface area contributed by atoms with E-state index in [1.165, 1.54) is 0 Å². The summed E-state index contributed by atoms with van der Waals surface area (Å²) in [5.41, 5.74) is 4.37. The van der Waals surface area contributed by atoms with Crippen LogP contribution < -0.4 is 10.1 Å². The summed E-state index contributed by atoms with van der Waals surface area (Å²) < 4.78 is 12.3. The zero-order valence-corrected chi connectivity index (χ0v) is 16.5. The fourth-order valence-corrected chi connectivity index (χ4v) is 3.17. The summed E-state index contributed by atoms with van der Waals surface area (Å²) in [5, 5.41) is 10.6. The van der Waals surface area contributed by atoms with Crippen molar-refractivity contribution in [3.8, 4) is 17.3 Å². The van der Waals surface area contributed by atoms with Crippen LogP contribution in [-0.4, -0.2) is 32.9 Å². The fraction of sp³-hybridized carbons (Fsp3) is 0.238. The van der Waals surface area contributed by atoms with E-state index >= 15 is 0 Å². The lowest BCUT2D eigenvalue weighted by molar-refractivity contribution is -0.115. The number of nitrogens with one attached hydrogen (secondary N) is 1. The van der Waals surface area contributed by atoms with Gasteiger partial charge in [0.2, 0.25) is 11.7 Å². The number of hydrogen-bond acceptors (Lipinski definition) is 6. The normalized spacial score (nSPS) is 11.0.